The predicted octanol–water partition coefficient (Wildman–Crippen LogP) is 3.62. The molecule has 4 rings (SSSR count). The largest absolute Gasteiger partial charge is 0.339 e. The van der Waals surface area contributed by atoms with Gasteiger partial charge >= 0.3 is 0 Å². The van der Waals surface area contributed by atoms with Crippen molar-refractivity contribution >= 4 is 17.7 Å². The number of carbonyl (C=O) groups excluding carboxylic acids is 1. The molecule has 1 N–H and O–H groups in total. The number of H-pyrrole nitrogens is 1. The Balaban J connectivity index is 1.23. The molecule has 2 aromatic carbocycles. The van der Waals surface area contributed by atoms with Gasteiger partial charge in [0.25, 0.3) is 0 Å². The Morgan fingerprint density at radius 1 is 1.06 bits per heavy atom. The van der Waals surface area contributed by atoms with E-state index in [9.17, 15) is 4.79 Å². The fraction of sp³-hybridized carbons (Fsp3) is 0.320. The standard InChI is InChI=1S/C25H27N5OS/c1-19-23(15-20-5-3-2-4-6-20)28-25(27-19)32-18-24(31)30-13-11-29(12-14-30)17-22-9-7-21(16-26)8-10-22/h2-10H,11-15,17-18H2,1H3,(H,27,28). The van der Waals surface area contributed by atoms with Crippen molar-refractivity contribution in [3.8, 4) is 6.07 Å². The molecule has 1 aliphatic heterocycles. The molecule has 0 saturated carbocycles. The summed E-state index contributed by atoms with van der Waals surface area (Å²) in [5, 5.41) is 9.72. The van der Waals surface area contributed by atoms with Gasteiger partial charge in [-0.25, -0.2) is 4.98 Å². The SMILES string of the molecule is Cc1[nH]c(SCC(=O)N2CCN(Cc3ccc(C#N)cc3)CC2)nc1Cc1ccccc1. The number of aromatic nitrogens is 2. The number of imidazole rings is 1. The average Bonchev–Trinajstić information content (AvgIpc) is 3.18. The van der Waals surface area contributed by atoms with Gasteiger partial charge in [0.1, 0.15) is 0 Å². The van der Waals surface area contributed by atoms with Crippen LogP contribution >= 0.6 is 11.8 Å². The second kappa shape index (κ2) is 10.5. The number of rotatable bonds is 7. The number of piperazine rings is 1. The molecule has 1 aliphatic rings. The quantitative estimate of drug-likeness (QED) is 0.562. The van der Waals surface area contributed by atoms with Crippen LogP contribution in [-0.2, 0) is 17.8 Å². The molecule has 0 bridgehead atoms. The van der Waals surface area contributed by atoms with Gasteiger partial charge in [0.2, 0.25) is 5.91 Å². The van der Waals surface area contributed by atoms with Crippen molar-refractivity contribution in [2.75, 3.05) is 31.9 Å². The van der Waals surface area contributed by atoms with Gasteiger partial charge in [-0.05, 0) is 30.2 Å². The average molecular weight is 446 g/mol. The number of aromatic amines is 1. The van der Waals surface area contributed by atoms with Gasteiger partial charge in [-0.3, -0.25) is 9.69 Å². The molecule has 1 fully saturated rings. The Labute approximate surface area is 193 Å². The first-order valence-electron chi connectivity index (χ1n) is 10.8. The predicted molar refractivity (Wildman–Crippen MR) is 126 cm³/mol. The highest BCUT2D eigenvalue weighted by atomic mass is 32.2. The fourth-order valence-electron chi connectivity index (χ4n) is 3.82. The van der Waals surface area contributed by atoms with Crippen LogP contribution in [-0.4, -0.2) is 57.6 Å². The Kier molecular flexibility index (Phi) is 7.25. The molecule has 2 heterocycles. The maximum atomic E-state index is 12.7. The maximum absolute atomic E-state index is 12.7. The third-order valence-corrected chi connectivity index (χ3v) is 6.58. The van der Waals surface area contributed by atoms with Crippen molar-refractivity contribution in [2.24, 2.45) is 0 Å². The molecular formula is C25H27N5OS. The summed E-state index contributed by atoms with van der Waals surface area (Å²) in [7, 11) is 0. The molecule has 1 aromatic heterocycles. The van der Waals surface area contributed by atoms with E-state index in [-0.39, 0.29) is 5.91 Å². The van der Waals surface area contributed by atoms with E-state index < -0.39 is 0 Å². The van der Waals surface area contributed by atoms with Crippen molar-refractivity contribution in [1.29, 1.82) is 5.26 Å². The lowest BCUT2D eigenvalue weighted by Crippen LogP contribution is -2.48. The van der Waals surface area contributed by atoms with Crippen molar-refractivity contribution in [3.63, 3.8) is 0 Å². The molecule has 0 aliphatic carbocycles. The zero-order valence-electron chi connectivity index (χ0n) is 18.3. The van der Waals surface area contributed by atoms with E-state index in [4.69, 9.17) is 10.2 Å². The van der Waals surface area contributed by atoms with E-state index >= 15 is 0 Å². The van der Waals surface area contributed by atoms with Gasteiger partial charge in [-0.15, -0.1) is 0 Å². The lowest BCUT2D eigenvalue weighted by atomic mass is 10.1. The van der Waals surface area contributed by atoms with Crippen LogP contribution in [0.4, 0.5) is 0 Å². The number of nitrogens with zero attached hydrogens (tertiary/aromatic N) is 4. The van der Waals surface area contributed by atoms with Gasteiger partial charge in [-0.2, -0.15) is 5.26 Å². The first-order chi connectivity index (χ1) is 15.6. The lowest BCUT2D eigenvalue weighted by molar-refractivity contribution is -0.130. The van der Waals surface area contributed by atoms with Crippen LogP contribution in [0.25, 0.3) is 0 Å². The van der Waals surface area contributed by atoms with Gasteiger partial charge < -0.3 is 9.88 Å². The topological polar surface area (TPSA) is 76.0 Å². The summed E-state index contributed by atoms with van der Waals surface area (Å²) in [6.07, 6.45) is 0.791. The summed E-state index contributed by atoms with van der Waals surface area (Å²) in [5.74, 6) is 0.555. The number of carbonyl (C=O) groups is 1. The summed E-state index contributed by atoms with van der Waals surface area (Å²) in [6, 6.07) is 20.2. The van der Waals surface area contributed by atoms with Crippen LogP contribution in [0.5, 0.6) is 0 Å². The van der Waals surface area contributed by atoms with Crippen LogP contribution in [0, 0.1) is 18.3 Å². The Bertz CT molecular complexity index is 1080. The molecule has 7 heteroatoms. The summed E-state index contributed by atoms with van der Waals surface area (Å²) >= 11 is 1.48. The molecule has 0 atom stereocenters. The number of benzene rings is 2. The smallest absolute Gasteiger partial charge is 0.233 e. The molecule has 32 heavy (non-hydrogen) atoms. The van der Waals surface area contributed by atoms with E-state index in [2.05, 4.69) is 28.1 Å². The number of aryl methyl sites for hydroxylation is 1. The number of amides is 1. The number of nitrogens with one attached hydrogen (secondary N) is 1. The summed E-state index contributed by atoms with van der Waals surface area (Å²) in [6.45, 7) is 6.08. The minimum Gasteiger partial charge on any atom is -0.339 e. The van der Waals surface area contributed by atoms with Crippen molar-refractivity contribution in [3.05, 3.63) is 82.7 Å². The summed E-state index contributed by atoms with van der Waals surface area (Å²) in [4.78, 5) is 25.0. The highest BCUT2D eigenvalue weighted by Crippen LogP contribution is 2.20. The maximum Gasteiger partial charge on any atom is 0.233 e. The summed E-state index contributed by atoms with van der Waals surface area (Å²) in [5.41, 5.74) is 5.19. The third kappa shape index (κ3) is 5.78. The Morgan fingerprint density at radius 2 is 1.78 bits per heavy atom. The molecule has 0 spiro atoms. The van der Waals surface area contributed by atoms with Gasteiger partial charge in [-0.1, -0.05) is 54.2 Å². The van der Waals surface area contributed by atoms with Crippen LogP contribution < -0.4 is 0 Å². The zero-order chi connectivity index (χ0) is 22.3. The number of hydrogen-bond acceptors (Lipinski definition) is 5. The van der Waals surface area contributed by atoms with Crippen molar-refractivity contribution in [1.82, 2.24) is 19.8 Å². The molecular weight excluding hydrogens is 418 g/mol. The first kappa shape index (κ1) is 22.1. The highest BCUT2D eigenvalue weighted by molar-refractivity contribution is 7.99. The second-order valence-corrected chi connectivity index (χ2v) is 8.99. The normalized spacial score (nSPS) is 14.3. The molecule has 1 saturated heterocycles. The van der Waals surface area contributed by atoms with Gasteiger partial charge in [0.15, 0.2) is 5.16 Å². The van der Waals surface area contributed by atoms with E-state index in [1.54, 1.807) is 0 Å². The Morgan fingerprint density at radius 3 is 2.47 bits per heavy atom. The van der Waals surface area contributed by atoms with E-state index in [1.807, 2.05) is 54.3 Å². The molecule has 0 unspecified atom stereocenters. The molecule has 6 nitrogen and oxygen atoms in total. The van der Waals surface area contributed by atoms with E-state index in [0.29, 0.717) is 11.3 Å². The lowest BCUT2D eigenvalue weighted by Gasteiger charge is -2.34. The minimum atomic E-state index is 0.159. The second-order valence-electron chi connectivity index (χ2n) is 8.03. The third-order valence-electron chi connectivity index (χ3n) is 5.72. The van der Waals surface area contributed by atoms with E-state index in [1.165, 1.54) is 22.9 Å². The monoisotopic (exact) mass is 445 g/mol. The van der Waals surface area contributed by atoms with Crippen LogP contribution in [0.2, 0.25) is 0 Å². The Hall–Kier alpha value is -3.08. The van der Waals surface area contributed by atoms with Crippen molar-refractivity contribution in [2.45, 2.75) is 25.0 Å². The number of nitriles is 1. The fourth-order valence-corrected chi connectivity index (χ4v) is 4.66. The van der Waals surface area contributed by atoms with Crippen LogP contribution in [0.3, 0.4) is 0 Å². The molecule has 3 aromatic rings. The van der Waals surface area contributed by atoms with Gasteiger partial charge in [0.05, 0.1) is 23.1 Å². The number of hydrogen-bond donors (Lipinski definition) is 1. The minimum absolute atomic E-state index is 0.159. The molecule has 164 valence electrons. The zero-order valence-corrected chi connectivity index (χ0v) is 19.1. The van der Waals surface area contributed by atoms with Crippen LogP contribution in [0.1, 0.15) is 28.1 Å². The molecule has 0 radical (unpaired) electrons. The van der Waals surface area contributed by atoms with Gasteiger partial charge in [0, 0.05) is 44.8 Å². The summed E-state index contributed by atoms with van der Waals surface area (Å²) < 4.78 is 0. The first-order valence-corrected chi connectivity index (χ1v) is 11.8. The van der Waals surface area contributed by atoms with Crippen molar-refractivity contribution < 1.29 is 4.79 Å². The molecule has 1 amide bonds. The van der Waals surface area contributed by atoms with Crippen LogP contribution in [0.15, 0.2) is 59.8 Å². The highest BCUT2D eigenvalue weighted by Gasteiger charge is 2.21. The van der Waals surface area contributed by atoms with E-state index in [0.717, 1.165) is 55.7 Å². The number of thioether (sulfide) groups is 1.